The van der Waals surface area contributed by atoms with Gasteiger partial charge in [-0.3, -0.25) is 4.79 Å². The van der Waals surface area contributed by atoms with Gasteiger partial charge in [0.25, 0.3) is 0 Å². The van der Waals surface area contributed by atoms with E-state index in [2.05, 4.69) is 4.98 Å². The summed E-state index contributed by atoms with van der Waals surface area (Å²) in [5.41, 5.74) is 0.575. The van der Waals surface area contributed by atoms with Crippen LogP contribution in [-0.4, -0.2) is 42.8 Å². The Balaban J connectivity index is 2.11. The number of benzene rings is 1. The Morgan fingerprint density at radius 1 is 1.17 bits per heavy atom. The summed E-state index contributed by atoms with van der Waals surface area (Å²) in [6.07, 6.45) is 1.30. The molecule has 1 aromatic heterocycles. The highest BCUT2D eigenvalue weighted by Crippen LogP contribution is 2.25. The molecule has 0 amide bonds. The smallest absolute Gasteiger partial charge is 0.244 e. The Morgan fingerprint density at radius 2 is 1.79 bits per heavy atom. The van der Waals surface area contributed by atoms with E-state index >= 15 is 0 Å². The molecule has 128 valence electrons. The maximum Gasteiger partial charge on any atom is 0.244 e. The molecule has 1 aromatic carbocycles. The molecule has 0 N–H and O–H groups in total. The number of rotatable bonds is 6. The largest absolute Gasteiger partial charge is 0.293 e. The standard InChI is InChI=1S/C16H17ClN2O3S2/c1-11(16(20)12-4-6-13(17)7-5-12)23-15-9-8-14(10-18-15)24(21,22)19(2)3/h4-11H,1-3H3/t11-/m0/s1. The molecule has 8 heteroatoms. The van der Waals surface area contributed by atoms with E-state index in [4.69, 9.17) is 11.6 Å². The van der Waals surface area contributed by atoms with Crippen LogP contribution in [0.3, 0.4) is 0 Å². The summed E-state index contributed by atoms with van der Waals surface area (Å²) in [4.78, 5) is 16.6. The molecule has 2 rings (SSSR count). The second-order valence-corrected chi connectivity index (χ2v) is 9.20. The fourth-order valence-electron chi connectivity index (χ4n) is 1.88. The summed E-state index contributed by atoms with van der Waals surface area (Å²) in [5.74, 6) is -0.0385. The molecule has 0 aliphatic heterocycles. The average Bonchev–Trinajstić information content (AvgIpc) is 2.55. The van der Waals surface area contributed by atoms with E-state index in [9.17, 15) is 13.2 Å². The topological polar surface area (TPSA) is 67.3 Å². The first-order valence-corrected chi connectivity index (χ1v) is 9.76. The van der Waals surface area contributed by atoms with Gasteiger partial charge < -0.3 is 0 Å². The van der Waals surface area contributed by atoms with E-state index in [0.717, 1.165) is 4.31 Å². The zero-order chi connectivity index (χ0) is 17.9. The number of nitrogens with zero attached hydrogens (tertiary/aromatic N) is 2. The van der Waals surface area contributed by atoms with E-state index in [1.54, 1.807) is 37.3 Å². The van der Waals surface area contributed by atoms with Crippen molar-refractivity contribution in [2.45, 2.75) is 22.1 Å². The Kier molecular flexibility index (Phi) is 6.03. The minimum Gasteiger partial charge on any atom is -0.293 e. The zero-order valence-electron chi connectivity index (χ0n) is 13.4. The molecule has 0 unspecified atom stereocenters. The number of hydrogen-bond donors (Lipinski definition) is 0. The van der Waals surface area contributed by atoms with Crippen molar-refractivity contribution in [1.82, 2.24) is 9.29 Å². The van der Waals surface area contributed by atoms with Gasteiger partial charge in [0.15, 0.2) is 5.78 Å². The molecule has 0 aliphatic rings. The molecule has 24 heavy (non-hydrogen) atoms. The van der Waals surface area contributed by atoms with Gasteiger partial charge in [0.1, 0.15) is 4.90 Å². The number of halogens is 1. The van der Waals surface area contributed by atoms with Crippen LogP contribution in [0.4, 0.5) is 0 Å². The predicted octanol–water partition coefficient (Wildman–Crippen LogP) is 3.35. The van der Waals surface area contributed by atoms with Crippen molar-refractivity contribution in [1.29, 1.82) is 0 Å². The van der Waals surface area contributed by atoms with Gasteiger partial charge >= 0.3 is 0 Å². The second-order valence-electron chi connectivity index (χ2n) is 5.25. The van der Waals surface area contributed by atoms with Gasteiger partial charge in [-0.15, -0.1) is 0 Å². The lowest BCUT2D eigenvalue weighted by Crippen LogP contribution is -2.22. The van der Waals surface area contributed by atoms with E-state index < -0.39 is 10.0 Å². The average molecular weight is 385 g/mol. The van der Waals surface area contributed by atoms with Gasteiger partial charge in [-0.05, 0) is 43.3 Å². The van der Waals surface area contributed by atoms with Crippen molar-refractivity contribution in [3.05, 3.63) is 53.2 Å². The highest BCUT2D eigenvalue weighted by atomic mass is 35.5. The SMILES string of the molecule is C[C@H](Sc1ccc(S(=O)(=O)N(C)C)cn1)C(=O)c1ccc(Cl)cc1. The van der Waals surface area contributed by atoms with Crippen LogP contribution in [-0.2, 0) is 10.0 Å². The molecule has 0 bridgehead atoms. The first-order chi connectivity index (χ1) is 11.2. The lowest BCUT2D eigenvalue weighted by atomic mass is 10.1. The molecule has 0 radical (unpaired) electrons. The number of Topliss-reactive ketones (excluding diaryl/α,β-unsaturated/α-hetero) is 1. The highest BCUT2D eigenvalue weighted by Gasteiger charge is 2.20. The second kappa shape index (κ2) is 7.65. The minimum absolute atomic E-state index is 0.0385. The third-order valence-corrected chi connectivity index (χ3v) is 6.38. The van der Waals surface area contributed by atoms with Gasteiger partial charge in [-0.25, -0.2) is 17.7 Å². The number of pyridine rings is 1. The van der Waals surface area contributed by atoms with Crippen LogP contribution in [0.15, 0.2) is 52.5 Å². The van der Waals surface area contributed by atoms with Crippen LogP contribution < -0.4 is 0 Å². The third-order valence-electron chi connectivity index (χ3n) is 3.28. The molecule has 0 spiro atoms. The number of carbonyl (C=O) groups is 1. The van der Waals surface area contributed by atoms with Gasteiger partial charge in [0, 0.05) is 30.9 Å². The minimum atomic E-state index is -3.50. The quantitative estimate of drug-likeness (QED) is 0.564. The highest BCUT2D eigenvalue weighted by molar-refractivity contribution is 8.00. The molecular weight excluding hydrogens is 368 g/mol. The molecule has 0 saturated carbocycles. The maximum absolute atomic E-state index is 12.4. The Labute approximate surface area is 151 Å². The van der Waals surface area contributed by atoms with E-state index in [1.165, 1.54) is 38.1 Å². The van der Waals surface area contributed by atoms with Crippen molar-refractivity contribution in [3.63, 3.8) is 0 Å². The molecular formula is C16H17ClN2O3S2. The lowest BCUT2D eigenvalue weighted by Gasteiger charge is -2.12. The predicted molar refractivity (Wildman–Crippen MR) is 96.2 cm³/mol. The Bertz CT molecular complexity index is 819. The van der Waals surface area contributed by atoms with Crippen molar-refractivity contribution >= 4 is 39.2 Å². The summed E-state index contributed by atoms with van der Waals surface area (Å²) in [6, 6.07) is 9.80. The van der Waals surface area contributed by atoms with Crippen LogP contribution >= 0.6 is 23.4 Å². The van der Waals surface area contributed by atoms with E-state index in [-0.39, 0.29) is 15.9 Å². The molecule has 2 aromatic rings. The monoisotopic (exact) mass is 384 g/mol. The summed E-state index contributed by atoms with van der Waals surface area (Å²) in [5, 5.41) is 0.809. The van der Waals surface area contributed by atoms with Crippen molar-refractivity contribution < 1.29 is 13.2 Å². The number of thioether (sulfide) groups is 1. The van der Waals surface area contributed by atoms with Crippen molar-refractivity contribution in [2.24, 2.45) is 0 Å². The molecule has 5 nitrogen and oxygen atoms in total. The first kappa shape index (κ1) is 18.9. The van der Waals surface area contributed by atoms with Gasteiger partial charge in [-0.1, -0.05) is 23.4 Å². The summed E-state index contributed by atoms with van der Waals surface area (Å²) >= 11 is 7.10. The van der Waals surface area contributed by atoms with Crippen molar-refractivity contribution in [3.8, 4) is 0 Å². The molecule has 0 saturated heterocycles. The number of hydrogen-bond acceptors (Lipinski definition) is 5. The summed E-state index contributed by atoms with van der Waals surface area (Å²) in [7, 11) is -0.577. The summed E-state index contributed by atoms with van der Waals surface area (Å²) < 4.78 is 25.1. The van der Waals surface area contributed by atoms with E-state index in [1.807, 2.05) is 0 Å². The van der Waals surface area contributed by atoms with Crippen LogP contribution in [0.2, 0.25) is 5.02 Å². The molecule has 0 aliphatic carbocycles. The molecule has 0 fully saturated rings. The molecule has 1 heterocycles. The lowest BCUT2D eigenvalue weighted by molar-refractivity contribution is 0.0994. The Morgan fingerprint density at radius 3 is 2.29 bits per heavy atom. The number of sulfonamides is 1. The summed E-state index contributed by atoms with van der Waals surface area (Å²) in [6.45, 7) is 1.79. The number of carbonyl (C=O) groups excluding carboxylic acids is 1. The van der Waals surface area contributed by atoms with Crippen LogP contribution in [0.1, 0.15) is 17.3 Å². The van der Waals surface area contributed by atoms with Crippen LogP contribution in [0.5, 0.6) is 0 Å². The number of aromatic nitrogens is 1. The fourth-order valence-corrected chi connectivity index (χ4v) is 3.72. The Hall–Kier alpha value is -1.41. The third kappa shape index (κ3) is 4.36. The zero-order valence-corrected chi connectivity index (χ0v) is 15.8. The normalized spacial score (nSPS) is 13.0. The molecule has 1 atom stereocenters. The fraction of sp³-hybridized carbons (Fsp3) is 0.250. The first-order valence-electron chi connectivity index (χ1n) is 7.07. The number of ketones is 1. The van der Waals surface area contributed by atoms with Gasteiger partial charge in [0.2, 0.25) is 10.0 Å². The van der Waals surface area contributed by atoms with E-state index in [0.29, 0.717) is 15.6 Å². The van der Waals surface area contributed by atoms with Gasteiger partial charge in [0.05, 0.1) is 10.3 Å². The van der Waals surface area contributed by atoms with Crippen LogP contribution in [0.25, 0.3) is 0 Å². The van der Waals surface area contributed by atoms with Crippen molar-refractivity contribution in [2.75, 3.05) is 14.1 Å². The van der Waals surface area contributed by atoms with Gasteiger partial charge in [-0.2, -0.15) is 0 Å². The van der Waals surface area contributed by atoms with Crippen LogP contribution in [0, 0.1) is 0 Å². The maximum atomic E-state index is 12.4.